The summed E-state index contributed by atoms with van der Waals surface area (Å²) in [6.07, 6.45) is 8.52. The van der Waals surface area contributed by atoms with Gasteiger partial charge in [-0.05, 0) is 104 Å². The SMILES string of the molecule is C/C=C\c1nc(-c2ccc3c(c2)C(C)(C)c2cccc4c5oc6ccccc6c5n-3c24)nc(C(/C=C(\C)c2ccccc2)=C/C)c1C. The molecule has 0 aliphatic carbocycles. The Morgan fingerprint density at radius 2 is 1.57 bits per heavy atom. The van der Waals surface area contributed by atoms with Crippen molar-refractivity contribution in [3.05, 3.63) is 143 Å². The van der Waals surface area contributed by atoms with E-state index >= 15 is 0 Å². The first-order valence-electron chi connectivity index (χ1n) is 16.3. The second kappa shape index (κ2) is 10.8. The first-order chi connectivity index (χ1) is 22.8. The fraction of sp³-hybridized carbons (Fsp3) is 0.163. The van der Waals surface area contributed by atoms with Crippen molar-refractivity contribution in [2.75, 3.05) is 0 Å². The molecular weight excluding hydrogens is 574 g/mol. The molecule has 0 saturated carbocycles. The van der Waals surface area contributed by atoms with Crippen LogP contribution in [0.2, 0.25) is 0 Å². The quantitative estimate of drug-likeness (QED) is 0.182. The van der Waals surface area contributed by atoms with E-state index in [4.69, 9.17) is 14.4 Å². The third-order valence-corrected chi connectivity index (χ3v) is 9.83. The van der Waals surface area contributed by atoms with E-state index in [-0.39, 0.29) is 5.41 Å². The monoisotopic (exact) mass is 611 g/mol. The predicted octanol–water partition coefficient (Wildman–Crippen LogP) is 11.5. The summed E-state index contributed by atoms with van der Waals surface area (Å²) in [7, 11) is 0. The molecule has 7 aromatic rings. The first-order valence-corrected chi connectivity index (χ1v) is 16.3. The number of hydrogen-bond donors (Lipinski definition) is 0. The summed E-state index contributed by atoms with van der Waals surface area (Å²) in [6, 6.07) is 32.2. The highest BCUT2D eigenvalue weighted by Crippen LogP contribution is 2.50. The normalized spacial score (nSPS) is 14.5. The van der Waals surface area contributed by atoms with E-state index in [1.54, 1.807) is 0 Å². The largest absolute Gasteiger partial charge is 0.454 e. The molecule has 0 radical (unpaired) electrons. The number of fused-ring (bicyclic) bond motifs is 7. The summed E-state index contributed by atoms with van der Waals surface area (Å²) in [4.78, 5) is 10.4. The maximum absolute atomic E-state index is 6.50. The Hall–Kier alpha value is -5.48. The van der Waals surface area contributed by atoms with Gasteiger partial charge < -0.3 is 8.98 Å². The summed E-state index contributed by atoms with van der Waals surface area (Å²) in [5.41, 5.74) is 15.0. The van der Waals surface area contributed by atoms with Gasteiger partial charge >= 0.3 is 0 Å². The van der Waals surface area contributed by atoms with Crippen molar-refractivity contribution in [1.29, 1.82) is 0 Å². The second-order valence-electron chi connectivity index (χ2n) is 13.0. The fourth-order valence-electron chi connectivity index (χ4n) is 7.35. The van der Waals surface area contributed by atoms with Gasteiger partial charge in [0.15, 0.2) is 11.4 Å². The predicted molar refractivity (Wildman–Crippen MR) is 197 cm³/mol. The Kier molecular flexibility index (Phi) is 6.66. The number of para-hydroxylation sites is 2. The van der Waals surface area contributed by atoms with Crippen molar-refractivity contribution >= 4 is 50.2 Å². The smallest absolute Gasteiger partial charge is 0.161 e. The lowest BCUT2D eigenvalue weighted by Crippen LogP contribution is -2.26. The molecule has 4 heterocycles. The van der Waals surface area contributed by atoms with Crippen LogP contribution in [0, 0.1) is 6.92 Å². The van der Waals surface area contributed by atoms with Gasteiger partial charge in [-0.25, -0.2) is 9.97 Å². The molecule has 0 amide bonds. The van der Waals surface area contributed by atoms with Crippen molar-refractivity contribution in [2.45, 2.75) is 47.0 Å². The topological polar surface area (TPSA) is 43.9 Å². The zero-order valence-electron chi connectivity index (χ0n) is 27.7. The Morgan fingerprint density at radius 3 is 2.36 bits per heavy atom. The summed E-state index contributed by atoms with van der Waals surface area (Å²) >= 11 is 0. The van der Waals surface area contributed by atoms with Crippen molar-refractivity contribution in [2.24, 2.45) is 0 Å². The van der Waals surface area contributed by atoms with Gasteiger partial charge in [0.25, 0.3) is 0 Å². The molecule has 4 aromatic carbocycles. The van der Waals surface area contributed by atoms with E-state index in [1.807, 2.05) is 19.1 Å². The molecule has 1 aliphatic heterocycles. The van der Waals surface area contributed by atoms with E-state index in [9.17, 15) is 0 Å². The molecular formula is C43H37N3O. The van der Waals surface area contributed by atoms with Crippen LogP contribution in [0.4, 0.5) is 0 Å². The summed E-state index contributed by atoms with van der Waals surface area (Å²) in [5.74, 6) is 0.720. The van der Waals surface area contributed by atoms with E-state index in [1.165, 1.54) is 33.5 Å². The molecule has 47 heavy (non-hydrogen) atoms. The zero-order valence-corrected chi connectivity index (χ0v) is 27.7. The van der Waals surface area contributed by atoms with Gasteiger partial charge in [-0.15, -0.1) is 0 Å². The molecule has 0 saturated heterocycles. The van der Waals surface area contributed by atoms with Gasteiger partial charge in [0.05, 0.1) is 22.6 Å². The molecule has 0 bridgehead atoms. The Morgan fingerprint density at radius 1 is 0.809 bits per heavy atom. The van der Waals surface area contributed by atoms with Crippen molar-refractivity contribution in [1.82, 2.24) is 14.5 Å². The minimum absolute atomic E-state index is 0.254. The van der Waals surface area contributed by atoms with Crippen LogP contribution >= 0.6 is 0 Å². The lowest BCUT2D eigenvalue weighted by molar-refractivity contribution is 0.630. The van der Waals surface area contributed by atoms with Crippen LogP contribution in [0.3, 0.4) is 0 Å². The van der Waals surface area contributed by atoms with Gasteiger partial charge in [0, 0.05) is 27.3 Å². The van der Waals surface area contributed by atoms with E-state index < -0.39 is 0 Å². The molecule has 8 rings (SSSR count). The van der Waals surface area contributed by atoms with E-state index in [0.717, 1.165) is 61.4 Å². The van der Waals surface area contributed by atoms with Gasteiger partial charge in [-0.3, -0.25) is 0 Å². The number of hydrogen-bond acceptors (Lipinski definition) is 3. The standard InChI is InChI=1S/C43H37N3O/c1-7-15-35-27(4)38(28(8-2)24-26(3)29-16-10-9-11-17-29)45-42(44-35)30-22-23-36-34(25-30)43(5,6)33-20-14-19-32-39(33)46(36)40-31-18-12-13-21-37(31)47-41(32)40/h7-25H,1-6H3/b15-7-,26-24+,28-8+. The first kappa shape index (κ1) is 29.0. The molecule has 3 aromatic heterocycles. The average molecular weight is 612 g/mol. The molecule has 0 spiro atoms. The highest BCUT2D eigenvalue weighted by Gasteiger charge is 2.36. The minimum Gasteiger partial charge on any atom is -0.454 e. The van der Waals surface area contributed by atoms with Gasteiger partial charge in [0.2, 0.25) is 0 Å². The van der Waals surface area contributed by atoms with Crippen molar-refractivity contribution in [3.8, 4) is 17.1 Å². The van der Waals surface area contributed by atoms with Crippen LogP contribution in [0.15, 0.2) is 114 Å². The summed E-state index contributed by atoms with van der Waals surface area (Å²) in [6.45, 7) is 13.0. The zero-order chi connectivity index (χ0) is 32.4. The van der Waals surface area contributed by atoms with E-state index in [2.05, 4.69) is 142 Å². The minimum atomic E-state index is -0.254. The highest BCUT2D eigenvalue weighted by atomic mass is 16.3. The molecule has 4 heteroatoms. The highest BCUT2D eigenvalue weighted by molar-refractivity contribution is 6.17. The van der Waals surface area contributed by atoms with Crippen LogP contribution in [0.1, 0.15) is 68.3 Å². The number of aromatic nitrogens is 3. The Balaban J connectivity index is 1.34. The second-order valence-corrected chi connectivity index (χ2v) is 13.0. The number of nitrogens with zero attached hydrogens (tertiary/aromatic N) is 3. The van der Waals surface area contributed by atoms with Crippen LogP contribution < -0.4 is 0 Å². The van der Waals surface area contributed by atoms with E-state index in [0.29, 0.717) is 0 Å². The average Bonchev–Trinajstić information content (AvgIpc) is 3.63. The van der Waals surface area contributed by atoms with Crippen molar-refractivity contribution < 1.29 is 4.42 Å². The molecule has 0 fully saturated rings. The van der Waals surface area contributed by atoms with Gasteiger partial charge in [-0.2, -0.15) is 0 Å². The fourth-order valence-corrected chi connectivity index (χ4v) is 7.35. The summed E-state index contributed by atoms with van der Waals surface area (Å²) < 4.78 is 8.91. The van der Waals surface area contributed by atoms with Crippen LogP contribution in [0.5, 0.6) is 0 Å². The van der Waals surface area contributed by atoms with Crippen molar-refractivity contribution in [3.63, 3.8) is 0 Å². The molecule has 4 nitrogen and oxygen atoms in total. The number of benzene rings is 4. The van der Waals surface area contributed by atoms with Crippen LogP contribution in [0.25, 0.3) is 67.3 Å². The Labute approximate surface area is 275 Å². The van der Waals surface area contributed by atoms with Crippen LogP contribution in [-0.4, -0.2) is 14.5 Å². The third kappa shape index (κ3) is 4.35. The number of rotatable bonds is 5. The summed E-state index contributed by atoms with van der Waals surface area (Å²) in [5, 5.41) is 2.27. The van der Waals surface area contributed by atoms with Crippen LogP contribution in [-0.2, 0) is 5.41 Å². The molecule has 0 N–H and O–H groups in total. The molecule has 0 unspecified atom stereocenters. The Bertz CT molecular complexity index is 2470. The maximum atomic E-state index is 6.50. The number of furan rings is 1. The third-order valence-electron chi connectivity index (χ3n) is 9.83. The molecule has 230 valence electrons. The molecule has 0 atom stereocenters. The molecule has 1 aliphatic rings. The lowest BCUT2D eigenvalue weighted by atomic mass is 9.74. The lowest BCUT2D eigenvalue weighted by Gasteiger charge is -2.35. The van der Waals surface area contributed by atoms with Gasteiger partial charge in [-0.1, -0.05) is 80.6 Å². The maximum Gasteiger partial charge on any atom is 0.161 e. The van der Waals surface area contributed by atoms with Gasteiger partial charge in [0.1, 0.15) is 11.1 Å². The number of allylic oxidation sites excluding steroid dienone is 5.